The van der Waals surface area contributed by atoms with Gasteiger partial charge in [0, 0.05) is 31.0 Å². The van der Waals surface area contributed by atoms with Crippen molar-refractivity contribution in [2.45, 2.75) is 11.8 Å². The molecule has 2 unspecified atom stereocenters. The molecule has 1 N–H and O–H groups in total. The van der Waals surface area contributed by atoms with E-state index >= 15 is 0 Å². The number of hydrogen-bond donors (Lipinski definition) is 1. The highest BCUT2D eigenvalue weighted by atomic mass is 16.6. The number of para-hydroxylation sites is 1. The van der Waals surface area contributed by atoms with Crippen molar-refractivity contribution in [2.24, 2.45) is 16.9 Å². The third kappa shape index (κ3) is 5.05. The Morgan fingerprint density at radius 3 is 2.00 bits per heavy atom. The maximum Gasteiger partial charge on any atom is 0.278 e. The van der Waals surface area contributed by atoms with Gasteiger partial charge < -0.3 is 9.64 Å². The number of hydrazone groups is 1. The van der Waals surface area contributed by atoms with Gasteiger partial charge in [-0.25, -0.2) is 5.43 Å². The number of nitro groups is 1. The highest BCUT2D eigenvalue weighted by Gasteiger charge is 2.58. The van der Waals surface area contributed by atoms with Gasteiger partial charge in [0.25, 0.3) is 5.69 Å². The Kier molecular flexibility index (Phi) is 7.55. The van der Waals surface area contributed by atoms with E-state index in [-0.39, 0.29) is 34.9 Å². The zero-order valence-corrected chi connectivity index (χ0v) is 20.7. The second-order valence-electron chi connectivity index (χ2n) is 9.41. The smallest absolute Gasteiger partial charge is 0.278 e. The summed E-state index contributed by atoms with van der Waals surface area (Å²) in [5, 5.41) is 15.4. The molecular formula is C29H28N4O5. The van der Waals surface area contributed by atoms with Gasteiger partial charge in [0.05, 0.1) is 41.8 Å². The van der Waals surface area contributed by atoms with Crippen LogP contribution in [0.2, 0.25) is 0 Å². The van der Waals surface area contributed by atoms with Crippen molar-refractivity contribution in [3.8, 4) is 0 Å². The van der Waals surface area contributed by atoms with Crippen LogP contribution in [0.25, 0.3) is 0 Å². The van der Waals surface area contributed by atoms with Gasteiger partial charge in [0.2, 0.25) is 11.8 Å². The van der Waals surface area contributed by atoms with Crippen molar-refractivity contribution in [3.63, 3.8) is 0 Å². The van der Waals surface area contributed by atoms with Crippen molar-refractivity contribution in [3.05, 3.63) is 112 Å². The summed E-state index contributed by atoms with van der Waals surface area (Å²) in [5.74, 6) is -2.00. The second kappa shape index (κ2) is 11.4. The molecule has 3 aromatic rings. The van der Waals surface area contributed by atoms with Crippen LogP contribution in [-0.4, -0.2) is 54.2 Å². The third-order valence-electron chi connectivity index (χ3n) is 7.34. The standard InChI is InChI=1S/C29H28N4O5/c34-28(31-30-19-22-13-7-8-14-23(22)33(36)37)26-24(20-9-3-1-4-10-20)27(25(26)21-11-5-2-6-12-21)29(35)32-15-17-38-18-16-32/h1-14,19,24-27H,15-18H2,(H,31,34)/t24-,25+,26?,27?. The molecule has 1 saturated heterocycles. The molecule has 194 valence electrons. The summed E-state index contributed by atoms with van der Waals surface area (Å²) in [6, 6.07) is 25.4. The van der Waals surface area contributed by atoms with E-state index in [4.69, 9.17) is 4.74 Å². The van der Waals surface area contributed by atoms with Crippen LogP contribution in [0.4, 0.5) is 5.69 Å². The molecule has 38 heavy (non-hydrogen) atoms. The Hall–Kier alpha value is -4.37. The van der Waals surface area contributed by atoms with E-state index in [2.05, 4.69) is 10.5 Å². The summed E-state index contributed by atoms with van der Waals surface area (Å²) in [7, 11) is 0. The lowest BCUT2D eigenvalue weighted by molar-refractivity contribution is -0.385. The molecule has 1 heterocycles. The first-order valence-corrected chi connectivity index (χ1v) is 12.6. The lowest BCUT2D eigenvalue weighted by atomic mass is 9.51. The summed E-state index contributed by atoms with van der Waals surface area (Å²) in [5.41, 5.74) is 4.60. The van der Waals surface area contributed by atoms with Gasteiger partial charge in [-0.2, -0.15) is 5.10 Å². The number of nitrogens with one attached hydrogen (secondary N) is 1. The van der Waals surface area contributed by atoms with Crippen LogP contribution in [0.3, 0.4) is 0 Å². The number of carbonyl (C=O) groups excluding carboxylic acids is 2. The number of rotatable bonds is 7. The van der Waals surface area contributed by atoms with Gasteiger partial charge >= 0.3 is 0 Å². The van der Waals surface area contributed by atoms with Crippen LogP contribution in [0, 0.1) is 22.0 Å². The fraction of sp³-hybridized carbons (Fsp3) is 0.276. The SMILES string of the molecule is O=C(NN=Cc1ccccc1[N+](=O)[O-])C1[C@@H](c2ccccc2)C(C(=O)N2CCOCC2)[C@H]1c1ccccc1. The third-order valence-corrected chi connectivity index (χ3v) is 7.34. The molecule has 0 spiro atoms. The second-order valence-corrected chi connectivity index (χ2v) is 9.41. The molecule has 1 aliphatic carbocycles. The van der Waals surface area contributed by atoms with Gasteiger partial charge in [-0.05, 0) is 17.2 Å². The van der Waals surface area contributed by atoms with Crippen molar-refractivity contribution < 1.29 is 19.2 Å². The number of morpholine rings is 1. The topological polar surface area (TPSA) is 114 Å². The van der Waals surface area contributed by atoms with Crippen molar-refractivity contribution in [1.82, 2.24) is 10.3 Å². The Balaban J connectivity index is 1.47. The Morgan fingerprint density at radius 1 is 0.868 bits per heavy atom. The minimum atomic E-state index is -0.558. The molecule has 5 rings (SSSR count). The van der Waals surface area contributed by atoms with Crippen LogP contribution in [0.1, 0.15) is 28.5 Å². The van der Waals surface area contributed by atoms with Gasteiger partial charge in [-0.15, -0.1) is 0 Å². The highest BCUT2D eigenvalue weighted by Crippen LogP contribution is 2.58. The summed E-state index contributed by atoms with van der Waals surface area (Å²) in [6.45, 7) is 2.04. The van der Waals surface area contributed by atoms with E-state index in [9.17, 15) is 19.7 Å². The predicted molar refractivity (Wildman–Crippen MR) is 142 cm³/mol. The van der Waals surface area contributed by atoms with Gasteiger partial charge in [-0.1, -0.05) is 72.8 Å². The fourth-order valence-corrected chi connectivity index (χ4v) is 5.56. The number of hydrogen-bond acceptors (Lipinski definition) is 6. The monoisotopic (exact) mass is 512 g/mol. The molecule has 3 aromatic carbocycles. The molecule has 9 heteroatoms. The van der Waals surface area contributed by atoms with E-state index in [1.165, 1.54) is 12.3 Å². The summed E-state index contributed by atoms with van der Waals surface area (Å²) in [6.07, 6.45) is 1.28. The first-order chi connectivity index (χ1) is 18.6. The zero-order valence-electron chi connectivity index (χ0n) is 20.7. The number of amides is 2. The molecule has 1 aliphatic heterocycles. The molecule has 4 atom stereocenters. The fourth-order valence-electron chi connectivity index (χ4n) is 5.56. The molecule has 9 nitrogen and oxygen atoms in total. The van der Waals surface area contributed by atoms with Crippen molar-refractivity contribution in [2.75, 3.05) is 26.3 Å². The van der Waals surface area contributed by atoms with Crippen LogP contribution in [-0.2, 0) is 14.3 Å². The van der Waals surface area contributed by atoms with E-state index in [0.29, 0.717) is 26.3 Å². The lowest BCUT2D eigenvalue weighted by Gasteiger charge is -2.52. The van der Waals surface area contributed by atoms with Crippen molar-refractivity contribution >= 4 is 23.7 Å². The first-order valence-electron chi connectivity index (χ1n) is 12.6. The van der Waals surface area contributed by atoms with Crippen LogP contribution in [0.5, 0.6) is 0 Å². The highest BCUT2D eigenvalue weighted by molar-refractivity contribution is 5.91. The van der Waals surface area contributed by atoms with E-state index in [1.54, 1.807) is 18.2 Å². The van der Waals surface area contributed by atoms with Gasteiger partial charge in [-0.3, -0.25) is 19.7 Å². The lowest BCUT2D eigenvalue weighted by Crippen LogP contribution is -2.57. The molecule has 1 saturated carbocycles. The number of nitro benzene ring substituents is 1. The number of nitrogens with zero attached hydrogens (tertiary/aromatic N) is 3. The Labute approximate surface area is 220 Å². The van der Waals surface area contributed by atoms with Crippen molar-refractivity contribution in [1.29, 1.82) is 0 Å². The molecule has 0 aromatic heterocycles. The van der Waals surface area contributed by atoms with Crippen LogP contribution < -0.4 is 5.43 Å². The molecule has 0 radical (unpaired) electrons. The summed E-state index contributed by atoms with van der Waals surface area (Å²) >= 11 is 0. The molecule has 0 bridgehead atoms. The summed E-state index contributed by atoms with van der Waals surface area (Å²) in [4.78, 5) is 40.2. The molecule has 2 fully saturated rings. The minimum absolute atomic E-state index is 0.0171. The normalized spacial score (nSPS) is 23.0. The number of carbonyl (C=O) groups is 2. The number of benzene rings is 3. The van der Waals surface area contributed by atoms with E-state index in [1.807, 2.05) is 65.6 Å². The van der Waals surface area contributed by atoms with Gasteiger partial charge in [0.1, 0.15) is 0 Å². The Bertz CT molecular complexity index is 1280. The van der Waals surface area contributed by atoms with Crippen LogP contribution >= 0.6 is 0 Å². The Morgan fingerprint density at radius 2 is 1.42 bits per heavy atom. The van der Waals surface area contributed by atoms with Gasteiger partial charge in [0.15, 0.2) is 0 Å². The predicted octanol–water partition coefficient (Wildman–Crippen LogP) is 3.72. The molecule has 2 amide bonds. The minimum Gasteiger partial charge on any atom is -0.378 e. The van der Waals surface area contributed by atoms with E-state index in [0.717, 1.165) is 11.1 Å². The van der Waals surface area contributed by atoms with Crippen LogP contribution in [0.15, 0.2) is 90.0 Å². The van der Waals surface area contributed by atoms with E-state index < -0.39 is 16.8 Å². The molecular weight excluding hydrogens is 484 g/mol. The largest absolute Gasteiger partial charge is 0.378 e. The maximum absolute atomic E-state index is 13.9. The first kappa shape index (κ1) is 25.3. The maximum atomic E-state index is 13.9. The molecule has 2 aliphatic rings. The summed E-state index contributed by atoms with van der Waals surface area (Å²) < 4.78 is 5.45. The zero-order chi connectivity index (χ0) is 26.5. The number of ether oxygens (including phenoxy) is 1. The average Bonchev–Trinajstić information content (AvgIpc) is 2.94. The average molecular weight is 513 g/mol. The quantitative estimate of drug-likeness (QED) is 0.294.